The van der Waals surface area contributed by atoms with E-state index in [0.29, 0.717) is 43.8 Å². The predicted octanol–water partition coefficient (Wildman–Crippen LogP) is 2.70. The Hall–Kier alpha value is -2.92. The summed E-state index contributed by atoms with van der Waals surface area (Å²) in [6.45, 7) is 7.16. The lowest BCUT2D eigenvalue weighted by atomic mass is 9.74. The number of β-amino-alcohol motifs (C(OH)–C–C–N with tert-alkyl or cyclic N) is 1. The second-order valence-corrected chi connectivity index (χ2v) is 10.9. The van der Waals surface area contributed by atoms with Gasteiger partial charge in [-0.3, -0.25) is 9.59 Å². The Kier molecular flexibility index (Phi) is 6.91. The summed E-state index contributed by atoms with van der Waals surface area (Å²) in [5.41, 5.74) is 5.00. The van der Waals surface area contributed by atoms with Crippen molar-refractivity contribution in [2.24, 2.45) is 17.1 Å². The molecule has 1 fully saturated rings. The topological polar surface area (TPSA) is 105 Å². The van der Waals surface area contributed by atoms with Crippen LogP contribution in [-0.4, -0.2) is 69.1 Å². The monoisotopic (exact) mass is 507 g/mol. The molecule has 0 spiro atoms. The molecule has 3 N–H and O–H groups in total. The van der Waals surface area contributed by atoms with Gasteiger partial charge in [0.05, 0.1) is 23.3 Å². The van der Waals surface area contributed by atoms with Gasteiger partial charge in [0, 0.05) is 38.3 Å². The highest BCUT2D eigenvalue weighted by Crippen LogP contribution is 2.44. The Balaban J connectivity index is 1.96. The Labute approximate surface area is 207 Å². The average Bonchev–Trinajstić information content (AvgIpc) is 3.32. The van der Waals surface area contributed by atoms with E-state index in [9.17, 15) is 27.9 Å². The van der Waals surface area contributed by atoms with Crippen LogP contribution in [0.3, 0.4) is 0 Å². The predicted molar refractivity (Wildman–Crippen MR) is 126 cm³/mol. The van der Waals surface area contributed by atoms with Crippen LogP contribution >= 0.6 is 0 Å². The molecule has 11 heteroatoms. The van der Waals surface area contributed by atoms with Gasteiger partial charge in [0.25, 0.3) is 5.91 Å². The number of amides is 2. The molecule has 1 aromatic carbocycles. The first-order chi connectivity index (χ1) is 16.8. The lowest BCUT2D eigenvalue weighted by Crippen LogP contribution is -2.45. The summed E-state index contributed by atoms with van der Waals surface area (Å²) in [6.07, 6.45) is 0.316. The maximum Gasteiger partial charge on any atom is 0.269 e. The number of carbonyl (C=O) groups excluding carboxylic acids is 2. The molecule has 0 aliphatic carbocycles. The number of rotatable bonds is 4. The summed E-state index contributed by atoms with van der Waals surface area (Å²) in [5, 5.41) is 10.0. The van der Waals surface area contributed by atoms with Gasteiger partial charge < -0.3 is 25.2 Å². The van der Waals surface area contributed by atoms with Crippen LogP contribution in [0, 0.1) is 28.8 Å². The van der Waals surface area contributed by atoms with Crippen LogP contribution in [0.4, 0.5) is 13.2 Å². The molecule has 2 aliphatic rings. The van der Waals surface area contributed by atoms with Crippen LogP contribution in [0.1, 0.15) is 55.8 Å². The van der Waals surface area contributed by atoms with E-state index in [1.807, 2.05) is 32.7 Å². The highest BCUT2D eigenvalue weighted by molar-refractivity contribution is 5.93. The van der Waals surface area contributed by atoms with Crippen molar-refractivity contribution < 1.29 is 27.9 Å². The summed E-state index contributed by atoms with van der Waals surface area (Å²) >= 11 is 0. The van der Waals surface area contributed by atoms with Crippen molar-refractivity contribution >= 4 is 11.8 Å². The molecular formula is C25H32F3N5O3. The first-order valence-corrected chi connectivity index (χ1v) is 12.0. The van der Waals surface area contributed by atoms with Gasteiger partial charge in [-0.15, -0.1) is 0 Å². The van der Waals surface area contributed by atoms with E-state index >= 15 is 0 Å². The number of hydrogen-bond acceptors (Lipinski definition) is 5. The van der Waals surface area contributed by atoms with Gasteiger partial charge in [-0.05, 0) is 31.4 Å². The minimum Gasteiger partial charge on any atom is -0.391 e. The van der Waals surface area contributed by atoms with Crippen LogP contribution in [0.15, 0.2) is 12.1 Å². The molecule has 0 radical (unpaired) electrons. The number of imidazole rings is 1. The third kappa shape index (κ3) is 4.73. The second kappa shape index (κ2) is 9.51. The third-order valence-corrected chi connectivity index (χ3v) is 7.11. The fraction of sp³-hybridized carbons (Fsp3) is 0.560. The molecule has 0 saturated carbocycles. The average molecular weight is 508 g/mol. The summed E-state index contributed by atoms with van der Waals surface area (Å²) in [4.78, 5) is 34.2. The molecule has 196 valence electrons. The van der Waals surface area contributed by atoms with Gasteiger partial charge in [-0.1, -0.05) is 20.8 Å². The van der Waals surface area contributed by atoms with Gasteiger partial charge in [0.1, 0.15) is 11.6 Å². The third-order valence-electron chi connectivity index (χ3n) is 7.11. The number of aromatic nitrogens is 2. The van der Waals surface area contributed by atoms with Crippen LogP contribution in [0.5, 0.6) is 0 Å². The lowest BCUT2D eigenvalue weighted by Gasteiger charge is -2.39. The summed E-state index contributed by atoms with van der Waals surface area (Å²) in [5.74, 6) is -5.42. The van der Waals surface area contributed by atoms with E-state index in [0.717, 1.165) is 0 Å². The van der Waals surface area contributed by atoms with Crippen molar-refractivity contribution in [3.63, 3.8) is 0 Å². The van der Waals surface area contributed by atoms with Gasteiger partial charge >= 0.3 is 0 Å². The van der Waals surface area contributed by atoms with E-state index < -0.39 is 46.8 Å². The van der Waals surface area contributed by atoms with E-state index in [1.165, 1.54) is 0 Å². The molecule has 0 bridgehead atoms. The van der Waals surface area contributed by atoms with Crippen molar-refractivity contribution in [3.05, 3.63) is 41.0 Å². The first-order valence-electron chi connectivity index (χ1n) is 12.0. The number of fused-ring (bicyclic) bond motifs is 1. The Morgan fingerprint density at radius 1 is 1.11 bits per heavy atom. The zero-order chi connectivity index (χ0) is 26.5. The van der Waals surface area contributed by atoms with Crippen molar-refractivity contribution in [2.45, 2.75) is 52.3 Å². The number of carbonyl (C=O) groups is 2. The molecule has 8 nitrogen and oxygen atoms in total. The molecule has 4 rings (SSSR count). The van der Waals surface area contributed by atoms with Crippen LogP contribution < -0.4 is 5.73 Å². The molecule has 2 aromatic rings. The number of hydrogen-bond donors (Lipinski definition) is 2. The summed E-state index contributed by atoms with van der Waals surface area (Å²) in [6, 6.07) is 0.548. The number of halogens is 3. The molecule has 1 saturated heterocycles. The maximum absolute atomic E-state index is 15.0. The summed E-state index contributed by atoms with van der Waals surface area (Å²) in [7, 11) is 1.84. The van der Waals surface area contributed by atoms with Gasteiger partial charge in [-0.25, -0.2) is 18.2 Å². The fourth-order valence-corrected chi connectivity index (χ4v) is 5.44. The van der Waals surface area contributed by atoms with Crippen LogP contribution in [0.2, 0.25) is 0 Å². The second-order valence-electron chi connectivity index (χ2n) is 10.9. The first kappa shape index (κ1) is 26.2. The molecule has 1 unspecified atom stereocenters. The summed E-state index contributed by atoms with van der Waals surface area (Å²) < 4.78 is 44.6. The molecule has 3 atom stereocenters. The number of aliphatic hydroxyl groups is 1. The minimum atomic E-state index is -1.35. The van der Waals surface area contributed by atoms with E-state index in [4.69, 9.17) is 5.73 Å². The number of nitrogens with two attached hydrogens (primary N) is 1. The molecule has 36 heavy (non-hydrogen) atoms. The minimum absolute atomic E-state index is 0.0843. The normalized spacial score (nSPS) is 21.8. The van der Waals surface area contributed by atoms with Gasteiger partial charge in [0.2, 0.25) is 5.91 Å². The number of likely N-dealkylation sites (tertiary alicyclic amines) is 1. The van der Waals surface area contributed by atoms with Gasteiger partial charge in [-0.2, -0.15) is 0 Å². The zero-order valence-electron chi connectivity index (χ0n) is 20.9. The van der Waals surface area contributed by atoms with Crippen molar-refractivity contribution in [3.8, 4) is 11.4 Å². The highest BCUT2D eigenvalue weighted by Gasteiger charge is 2.45. The van der Waals surface area contributed by atoms with Gasteiger partial charge in [0.15, 0.2) is 17.3 Å². The molecule has 1 aromatic heterocycles. The largest absolute Gasteiger partial charge is 0.391 e. The van der Waals surface area contributed by atoms with E-state index in [-0.39, 0.29) is 36.1 Å². The van der Waals surface area contributed by atoms with E-state index in [2.05, 4.69) is 4.98 Å². The number of primary amides is 1. The van der Waals surface area contributed by atoms with Crippen molar-refractivity contribution in [2.75, 3.05) is 26.7 Å². The quantitative estimate of drug-likeness (QED) is 0.620. The van der Waals surface area contributed by atoms with E-state index in [1.54, 1.807) is 9.47 Å². The zero-order valence-corrected chi connectivity index (χ0v) is 20.9. The Morgan fingerprint density at radius 3 is 2.36 bits per heavy atom. The number of aliphatic hydroxyl groups excluding tert-OH is 1. The Morgan fingerprint density at radius 2 is 1.78 bits per heavy atom. The molecule has 2 amide bonds. The highest BCUT2D eigenvalue weighted by atomic mass is 19.2. The van der Waals surface area contributed by atoms with Crippen LogP contribution in [-0.2, 0) is 11.3 Å². The lowest BCUT2D eigenvalue weighted by molar-refractivity contribution is -0.140. The smallest absolute Gasteiger partial charge is 0.269 e. The number of nitrogens with zero attached hydrogens (tertiary/aromatic N) is 4. The van der Waals surface area contributed by atoms with Crippen molar-refractivity contribution in [1.29, 1.82) is 0 Å². The maximum atomic E-state index is 15.0. The fourth-order valence-electron chi connectivity index (χ4n) is 5.44. The standard InChI is InChI=1S/C25H32F3N5O3/c1-25(2,3)20(24(36)32-8-5-13(34)11-32)18-6-7-31(4)12-19-21(22(29)35)30-23(33(18)19)14-9-16(27)17(28)10-15(14)26/h9-10,13,18,20,34H,5-8,11-12H2,1-4H3,(H2,29,35)/t13-,18?,20-/m0/s1. The Bertz CT molecular complexity index is 1190. The number of benzene rings is 1. The van der Waals surface area contributed by atoms with Crippen LogP contribution in [0.25, 0.3) is 11.4 Å². The molecule has 2 aliphatic heterocycles. The molecular weight excluding hydrogens is 475 g/mol. The molecule has 3 heterocycles. The SMILES string of the molecule is CN1CCC([C@@H](C(=O)N2CC[C@H](O)C2)C(C)(C)C)n2c(-c3cc(F)c(F)cc3F)nc(C(N)=O)c2C1. The van der Waals surface area contributed by atoms with Crippen molar-refractivity contribution in [1.82, 2.24) is 19.4 Å².